The molecule has 1 aromatic carbocycles. The second-order valence-corrected chi connectivity index (χ2v) is 5.70. The number of aliphatic hydroxyl groups excluding tert-OH is 1. The molecular formula is C15H12BrF2NO. The van der Waals surface area contributed by atoms with Crippen LogP contribution in [0.4, 0.5) is 8.78 Å². The Balaban J connectivity index is 1.99. The summed E-state index contributed by atoms with van der Waals surface area (Å²) >= 11 is 3.02. The summed E-state index contributed by atoms with van der Waals surface area (Å²) in [5, 5.41) is 10.5. The number of pyridine rings is 1. The third-order valence-corrected chi connectivity index (χ3v) is 4.57. The zero-order valence-corrected chi connectivity index (χ0v) is 12.1. The van der Waals surface area contributed by atoms with Crippen LogP contribution in [-0.4, -0.2) is 10.1 Å². The lowest BCUT2D eigenvalue weighted by atomic mass is 9.93. The molecule has 2 nitrogen and oxygen atoms in total. The number of halogens is 3. The standard InChI is InChI=1S/C15H12BrF2NO/c16-12-9(5-6-11(17)13(12)18)15(20)10-4-3-8-2-1-7-19-14(8)10/h1-2,5-7,10,15,20H,3-4H2. The first-order valence-corrected chi connectivity index (χ1v) is 7.14. The molecule has 0 radical (unpaired) electrons. The van der Waals surface area contributed by atoms with Crippen LogP contribution in [0.15, 0.2) is 34.9 Å². The number of hydrogen-bond donors (Lipinski definition) is 1. The molecule has 2 aromatic rings. The molecule has 20 heavy (non-hydrogen) atoms. The first-order chi connectivity index (χ1) is 9.59. The van der Waals surface area contributed by atoms with Crippen molar-refractivity contribution in [3.8, 4) is 0 Å². The molecule has 0 amide bonds. The Bertz CT molecular complexity index is 662. The van der Waals surface area contributed by atoms with E-state index in [0.29, 0.717) is 5.56 Å². The van der Waals surface area contributed by atoms with E-state index >= 15 is 0 Å². The number of aryl methyl sites for hydroxylation is 1. The van der Waals surface area contributed by atoms with Crippen molar-refractivity contribution in [1.82, 2.24) is 4.98 Å². The molecule has 1 aliphatic carbocycles. The third-order valence-electron chi connectivity index (χ3n) is 3.77. The average molecular weight is 340 g/mol. The molecule has 104 valence electrons. The Morgan fingerprint density at radius 1 is 1.30 bits per heavy atom. The fraction of sp³-hybridized carbons (Fsp3) is 0.267. The predicted molar refractivity (Wildman–Crippen MR) is 74.3 cm³/mol. The molecule has 5 heteroatoms. The van der Waals surface area contributed by atoms with Gasteiger partial charge in [0.15, 0.2) is 11.6 Å². The van der Waals surface area contributed by atoms with E-state index in [0.717, 1.165) is 30.2 Å². The lowest BCUT2D eigenvalue weighted by Crippen LogP contribution is -2.11. The molecule has 1 heterocycles. The zero-order chi connectivity index (χ0) is 14.3. The minimum atomic E-state index is -0.971. The second kappa shape index (κ2) is 5.22. The van der Waals surface area contributed by atoms with E-state index in [1.54, 1.807) is 6.20 Å². The van der Waals surface area contributed by atoms with E-state index in [-0.39, 0.29) is 10.4 Å². The summed E-state index contributed by atoms with van der Waals surface area (Å²) < 4.78 is 26.7. The number of rotatable bonds is 2. The SMILES string of the molecule is OC(c1ccc(F)c(F)c1Br)C1CCc2cccnc21. The molecule has 0 spiro atoms. The summed E-state index contributed by atoms with van der Waals surface area (Å²) in [6.45, 7) is 0. The van der Waals surface area contributed by atoms with Crippen molar-refractivity contribution in [1.29, 1.82) is 0 Å². The molecule has 2 unspecified atom stereocenters. The van der Waals surface area contributed by atoms with Gasteiger partial charge in [0.05, 0.1) is 10.6 Å². The molecule has 0 aliphatic heterocycles. The van der Waals surface area contributed by atoms with Gasteiger partial charge in [-0.3, -0.25) is 4.98 Å². The van der Waals surface area contributed by atoms with Gasteiger partial charge in [0.25, 0.3) is 0 Å². The quantitative estimate of drug-likeness (QED) is 0.842. The van der Waals surface area contributed by atoms with Crippen molar-refractivity contribution in [2.45, 2.75) is 24.9 Å². The Labute approximate surface area is 123 Å². The third kappa shape index (κ3) is 2.15. The van der Waals surface area contributed by atoms with Crippen LogP contribution in [0.1, 0.15) is 35.3 Å². The summed E-state index contributed by atoms with van der Waals surface area (Å²) in [5.74, 6) is -2.09. The van der Waals surface area contributed by atoms with Crippen molar-refractivity contribution in [2.75, 3.05) is 0 Å². The fourth-order valence-electron chi connectivity index (χ4n) is 2.74. The first kappa shape index (κ1) is 13.6. The maximum absolute atomic E-state index is 13.6. The van der Waals surface area contributed by atoms with E-state index in [1.165, 1.54) is 6.07 Å². The van der Waals surface area contributed by atoms with Crippen LogP contribution < -0.4 is 0 Å². The monoisotopic (exact) mass is 339 g/mol. The van der Waals surface area contributed by atoms with Crippen LogP contribution in [0.3, 0.4) is 0 Å². The van der Waals surface area contributed by atoms with E-state index in [4.69, 9.17) is 0 Å². The van der Waals surface area contributed by atoms with Crippen molar-refractivity contribution in [3.05, 3.63) is 63.4 Å². The van der Waals surface area contributed by atoms with Gasteiger partial charge in [-0.05, 0) is 52.0 Å². The van der Waals surface area contributed by atoms with Crippen molar-refractivity contribution < 1.29 is 13.9 Å². The van der Waals surface area contributed by atoms with E-state index < -0.39 is 17.7 Å². The lowest BCUT2D eigenvalue weighted by Gasteiger charge is -2.20. The van der Waals surface area contributed by atoms with Crippen LogP contribution in [0, 0.1) is 11.6 Å². The smallest absolute Gasteiger partial charge is 0.173 e. The van der Waals surface area contributed by atoms with Gasteiger partial charge in [0.1, 0.15) is 0 Å². The fourth-order valence-corrected chi connectivity index (χ4v) is 3.29. The van der Waals surface area contributed by atoms with E-state index in [1.807, 2.05) is 12.1 Å². The van der Waals surface area contributed by atoms with Gasteiger partial charge < -0.3 is 5.11 Å². The van der Waals surface area contributed by atoms with Crippen LogP contribution in [0.5, 0.6) is 0 Å². The Morgan fingerprint density at radius 3 is 2.90 bits per heavy atom. The van der Waals surface area contributed by atoms with Crippen LogP contribution in [-0.2, 0) is 6.42 Å². The van der Waals surface area contributed by atoms with Crippen molar-refractivity contribution in [2.24, 2.45) is 0 Å². The van der Waals surface area contributed by atoms with Gasteiger partial charge >= 0.3 is 0 Å². The largest absolute Gasteiger partial charge is 0.388 e. The highest BCUT2D eigenvalue weighted by molar-refractivity contribution is 9.10. The second-order valence-electron chi connectivity index (χ2n) is 4.90. The Hall–Kier alpha value is -1.33. The minimum Gasteiger partial charge on any atom is -0.388 e. The number of hydrogen-bond acceptors (Lipinski definition) is 2. The van der Waals surface area contributed by atoms with Gasteiger partial charge in [0, 0.05) is 17.8 Å². The Kier molecular flexibility index (Phi) is 3.56. The summed E-state index contributed by atoms with van der Waals surface area (Å²) in [6, 6.07) is 6.29. The van der Waals surface area contributed by atoms with Crippen LogP contribution in [0.2, 0.25) is 0 Å². The number of aromatic nitrogens is 1. The zero-order valence-electron chi connectivity index (χ0n) is 10.5. The normalized spacial score (nSPS) is 18.9. The topological polar surface area (TPSA) is 33.1 Å². The van der Waals surface area contributed by atoms with Gasteiger partial charge in [0.2, 0.25) is 0 Å². The van der Waals surface area contributed by atoms with Crippen LogP contribution in [0.25, 0.3) is 0 Å². The number of benzene rings is 1. The van der Waals surface area contributed by atoms with Gasteiger partial charge in [-0.1, -0.05) is 12.1 Å². The number of nitrogens with zero attached hydrogens (tertiary/aromatic N) is 1. The van der Waals surface area contributed by atoms with E-state index in [2.05, 4.69) is 20.9 Å². The summed E-state index contributed by atoms with van der Waals surface area (Å²) in [7, 11) is 0. The summed E-state index contributed by atoms with van der Waals surface area (Å²) in [6.07, 6.45) is 2.37. The maximum Gasteiger partial charge on any atom is 0.173 e. The molecule has 3 rings (SSSR count). The molecular weight excluding hydrogens is 328 g/mol. The van der Waals surface area contributed by atoms with Gasteiger partial charge in [-0.15, -0.1) is 0 Å². The first-order valence-electron chi connectivity index (χ1n) is 6.35. The molecule has 2 atom stereocenters. The highest BCUT2D eigenvalue weighted by atomic mass is 79.9. The summed E-state index contributed by atoms with van der Waals surface area (Å²) in [4.78, 5) is 4.31. The highest BCUT2D eigenvalue weighted by Crippen LogP contribution is 2.42. The highest BCUT2D eigenvalue weighted by Gasteiger charge is 2.32. The Morgan fingerprint density at radius 2 is 2.10 bits per heavy atom. The predicted octanol–water partition coefficient (Wildman–Crippen LogP) is 3.89. The van der Waals surface area contributed by atoms with Gasteiger partial charge in [-0.2, -0.15) is 0 Å². The number of aliphatic hydroxyl groups is 1. The minimum absolute atomic E-state index is 0.0191. The molecule has 0 fully saturated rings. The molecule has 1 aliphatic rings. The molecule has 0 saturated carbocycles. The summed E-state index contributed by atoms with van der Waals surface area (Å²) in [5.41, 5.74) is 2.30. The lowest BCUT2D eigenvalue weighted by molar-refractivity contribution is 0.142. The molecule has 0 saturated heterocycles. The average Bonchev–Trinajstić information content (AvgIpc) is 2.88. The maximum atomic E-state index is 13.6. The molecule has 1 N–H and O–H groups in total. The molecule has 1 aromatic heterocycles. The van der Waals surface area contributed by atoms with Crippen LogP contribution >= 0.6 is 15.9 Å². The van der Waals surface area contributed by atoms with Gasteiger partial charge in [-0.25, -0.2) is 8.78 Å². The number of fused-ring (bicyclic) bond motifs is 1. The van der Waals surface area contributed by atoms with Crippen molar-refractivity contribution in [3.63, 3.8) is 0 Å². The molecule has 0 bridgehead atoms. The van der Waals surface area contributed by atoms with Crippen molar-refractivity contribution >= 4 is 15.9 Å². The van der Waals surface area contributed by atoms with E-state index in [9.17, 15) is 13.9 Å².